The second-order valence-corrected chi connectivity index (χ2v) is 7.03. The van der Waals surface area contributed by atoms with Crippen LogP contribution in [0.15, 0.2) is 18.6 Å². The van der Waals surface area contributed by atoms with Gasteiger partial charge in [0.25, 0.3) is 0 Å². The molecule has 3 aliphatic rings. The van der Waals surface area contributed by atoms with E-state index in [-0.39, 0.29) is 11.9 Å². The number of ether oxygens (including phenoxy) is 1. The van der Waals surface area contributed by atoms with Gasteiger partial charge >= 0.3 is 0 Å². The molecule has 2 N–H and O–H groups in total. The van der Waals surface area contributed by atoms with Crippen molar-refractivity contribution in [1.82, 2.24) is 25.7 Å². The zero-order chi connectivity index (χ0) is 17.1. The summed E-state index contributed by atoms with van der Waals surface area (Å²) in [6.45, 7) is 4.66. The lowest BCUT2D eigenvalue weighted by Crippen LogP contribution is -2.49. The van der Waals surface area contributed by atoms with Gasteiger partial charge in [-0.2, -0.15) is 0 Å². The molecule has 4 heterocycles. The van der Waals surface area contributed by atoms with Crippen molar-refractivity contribution in [1.29, 1.82) is 0 Å². The Bertz CT molecular complexity index is 580. The van der Waals surface area contributed by atoms with Crippen LogP contribution in [-0.2, 0) is 9.53 Å². The molecule has 0 bridgehead atoms. The van der Waals surface area contributed by atoms with Crippen molar-refractivity contribution in [2.75, 3.05) is 44.3 Å². The second kappa shape index (κ2) is 7.63. The van der Waals surface area contributed by atoms with E-state index < -0.39 is 0 Å². The van der Waals surface area contributed by atoms with Crippen molar-refractivity contribution in [3.05, 3.63) is 18.6 Å². The van der Waals surface area contributed by atoms with E-state index in [2.05, 4.69) is 25.7 Å². The zero-order valence-corrected chi connectivity index (χ0v) is 14.4. The highest BCUT2D eigenvalue weighted by molar-refractivity contribution is 5.82. The van der Waals surface area contributed by atoms with Crippen molar-refractivity contribution in [2.45, 2.75) is 31.3 Å². The van der Waals surface area contributed by atoms with Crippen molar-refractivity contribution < 1.29 is 9.53 Å². The van der Waals surface area contributed by atoms with Crippen LogP contribution in [0.2, 0.25) is 0 Å². The summed E-state index contributed by atoms with van der Waals surface area (Å²) in [5.74, 6) is 1.64. The summed E-state index contributed by atoms with van der Waals surface area (Å²) in [6.07, 6.45) is 8.43. The predicted octanol–water partition coefficient (Wildman–Crippen LogP) is -0.213. The van der Waals surface area contributed by atoms with E-state index >= 15 is 0 Å². The highest BCUT2D eigenvalue weighted by Gasteiger charge is 2.37. The number of hydrogen-bond donors (Lipinski definition) is 2. The summed E-state index contributed by atoms with van der Waals surface area (Å²) in [6, 6.07) is 0.185. The number of carbonyl (C=O) groups is 1. The Labute approximate surface area is 147 Å². The number of rotatable bonds is 3. The molecular weight excluding hydrogens is 320 g/mol. The first-order chi connectivity index (χ1) is 12.3. The van der Waals surface area contributed by atoms with Gasteiger partial charge in [-0.15, -0.1) is 0 Å². The lowest BCUT2D eigenvalue weighted by Gasteiger charge is -2.36. The molecule has 0 saturated carbocycles. The summed E-state index contributed by atoms with van der Waals surface area (Å²) in [5, 5.41) is 0. The number of aromatic nitrogens is 2. The lowest BCUT2D eigenvalue weighted by molar-refractivity contribution is -0.137. The average molecular weight is 346 g/mol. The summed E-state index contributed by atoms with van der Waals surface area (Å²) < 4.78 is 5.34. The fraction of sp³-hybridized carbons (Fsp3) is 0.706. The molecule has 3 atom stereocenters. The number of hydrazine groups is 1. The quantitative estimate of drug-likeness (QED) is 0.783. The molecule has 3 fully saturated rings. The minimum Gasteiger partial charge on any atom is -0.378 e. The van der Waals surface area contributed by atoms with Crippen LogP contribution in [0.4, 0.5) is 5.82 Å². The normalized spacial score (nSPS) is 30.5. The summed E-state index contributed by atoms with van der Waals surface area (Å²) in [5.41, 5.74) is 6.60. The minimum absolute atomic E-state index is 0.130. The third-order valence-corrected chi connectivity index (χ3v) is 5.45. The van der Waals surface area contributed by atoms with Crippen LogP contribution in [-0.4, -0.2) is 72.3 Å². The SMILES string of the molecule is O=C(C1CC(C2CCCN(c3cnccn3)C2)NN1)N1CCOCC1. The summed E-state index contributed by atoms with van der Waals surface area (Å²) in [7, 11) is 0. The van der Waals surface area contributed by atoms with E-state index in [0.717, 1.165) is 31.7 Å². The largest absolute Gasteiger partial charge is 0.378 e. The van der Waals surface area contributed by atoms with E-state index in [4.69, 9.17) is 4.74 Å². The van der Waals surface area contributed by atoms with E-state index in [1.165, 1.54) is 6.42 Å². The summed E-state index contributed by atoms with van der Waals surface area (Å²) in [4.78, 5) is 25.5. The van der Waals surface area contributed by atoms with Crippen LogP contribution in [0.25, 0.3) is 0 Å². The molecule has 0 spiro atoms. The second-order valence-electron chi connectivity index (χ2n) is 7.03. The Morgan fingerprint density at radius 1 is 1.20 bits per heavy atom. The Kier molecular flexibility index (Phi) is 5.09. The van der Waals surface area contributed by atoms with Crippen molar-refractivity contribution in [3.63, 3.8) is 0 Å². The van der Waals surface area contributed by atoms with Crippen LogP contribution < -0.4 is 15.8 Å². The average Bonchev–Trinajstić information content (AvgIpc) is 3.19. The van der Waals surface area contributed by atoms with E-state index in [1.54, 1.807) is 12.4 Å². The first kappa shape index (κ1) is 16.7. The Morgan fingerprint density at radius 3 is 2.88 bits per heavy atom. The number of carbonyl (C=O) groups excluding carboxylic acids is 1. The molecule has 8 nitrogen and oxygen atoms in total. The monoisotopic (exact) mass is 346 g/mol. The van der Waals surface area contributed by atoms with Gasteiger partial charge in [-0.3, -0.25) is 15.2 Å². The van der Waals surface area contributed by atoms with Gasteiger partial charge in [0.15, 0.2) is 0 Å². The molecular formula is C17H26N6O2. The van der Waals surface area contributed by atoms with Crippen molar-refractivity contribution in [3.8, 4) is 0 Å². The van der Waals surface area contributed by atoms with Gasteiger partial charge in [-0.1, -0.05) is 0 Å². The van der Waals surface area contributed by atoms with Crippen LogP contribution in [0.3, 0.4) is 0 Å². The van der Waals surface area contributed by atoms with Gasteiger partial charge < -0.3 is 14.5 Å². The molecule has 1 aromatic rings. The molecule has 0 aliphatic carbocycles. The van der Waals surface area contributed by atoms with E-state index in [9.17, 15) is 4.79 Å². The van der Waals surface area contributed by atoms with E-state index in [1.807, 2.05) is 11.1 Å². The lowest BCUT2D eigenvalue weighted by atomic mass is 9.88. The van der Waals surface area contributed by atoms with Crippen LogP contribution in [0.1, 0.15) is 19.3 Å². The fourth-order valence-corrected chi connectivity index (χ4v) is 4.06. The first-order valence-corrected chi connectivity index (χ1v) is 9.20. The molecule has 136 valence electrons. The number of morpholine rings is 1. The number of anilines is 1. The molecule has 1 amide bonds. The van der Waals surface area contributed by atoms with Gasteiger partial charge in [0.05, 0.1) is 19.4 Å². The van der Waals surface area contributed by atoms with Gasteiger partial charge in [0.2, 0.25) is 5.91 Å². The van der Waals surface area contributed by atoms with Crippen molar-refractivity contribution >= 4 is 11.7 Å². The van der Waals surface area contributed by atoms with Crippen molar-refractivity contribution in [2.24, 2.45) is 5.92 Å². The highest BCUT2D eigenvalue weighted by atomic mass is 16.5. The highest BCUT2D eigenvalue weighted by Crippen LogP contribution is 2.27. The predicted molar refractivity (Wildman–Crippen MR) is 92.8 cm³/mol. The molecule has 3 aliphatic heterocycles. The Hall–Kier alpha value is -1.77. The number of hydrogen-bond acceptors (Lipinski definition) is 7. The van der Waals surface area contributed by atoms with Gasteiger partial charge in [-0.05, 0) is 25.2 Å². The third-order valence-electron chi connectivity index (χ3n) is 5.45. The molecule has 4 rings (SSSR count). The molecule has 3 saturated heterocycles. The number of amides is 1. The van der Waals surface area contributed by atoms with Gasteiger partial charge in [0, 0.05) is 44.6 Å². The van der Waals surface area contributed by atoms with Gasteiger partial charge in [0.1, 0.15) is 11.9 Å². The fourth-order valence-electron chi connectivity index (χ4n) is 4.06. The third kappa shape index (κ3) is 3.75. The first-order valence-electron chi connectivity index (χ1n) is 9.20. The van der Waals surface area contributed by atoms with Crippen LogP contribution >= 0.6 is 0 Å². The smallest absolute Gasteiger partial charge is 0.241 e. The summed E-state index contributed by atoms with van der Waals surface area (Å²) >= 11 is 0. The topological polar surface area (TPSA) is 82.6 Å². The standard InChI is InChI=1S/C17H26N6O2/c24-17(22-6-8-25-9-7-22)15-10-14(20-21-15)13-2-1-5-23(12-13)16-11-18-3-4-19-16/h3-4,11,13-15,20-21H,1-2,5-10,12H2. The molecule has 25 heavy (non-hydrogen) atoms. The molecule has 8 heteroatoms. The zero-order valence-electron chi connectivity index (χ0n) is 14.4. The van der Waals surface area contributed by atoms with Gasteiger partial charge in [-0.25, -0.2) is 10.4 Å². The van der Waals surface area contributed by atoms with Crippen LogP contribution in [0.5, 0.6) is 0 Å². The maximum absolute atomic E-state index is 12.7. The Morgan fingerprint density at radius 2 is 2.08 bits per heavy atom. The number of piperidine rings is 1. The molecule has 1 aromatic heterocycles. The maximum Gasteiger partial charge on any atom is 0.241 e. The maximum atomic E-state index is 12.7. The molecule has 0 aromatic carbocycles. The minimum atomic E-state index is -0.130. The van der Waals surface area contributed by atoms with E-state index in [0.29, 0.717) is 38.3 Å². The number of nitrogens with zero attached hydrogens (tertiary/aromatic N) is 4. The molecule has 3 unspecified atom stereocenters. The van der Waals surface area contributed by atoms with Crippen LogP contribution in [0, 0.1) is 5.92 Å². The Balaban J connectivity index is 1.34. The molecule has 0 radical (unpaired) electrons. The number of nitrogens with one attached hydrogen (secondary N) is 2.